The van der Waals surface area contributed by atoms with Gasteiger partial charge in [-0.2, -0.15) is 11.8 Å². The number of hydrogen-bond donors (Lipinski definition) is 1. The SMILES string of the molecule is CNc1ncnc(N2CCSCC2S(C)(=O)=O)c1Br. The standard InChI is InChI=1S/C10H15BrN4O2S2/c1-12-9-8(11)10(14-6-13-9)15-3-4-18-5-7(15)19(2,16)17/h6-7H,3-5H2,1-2H3,(H,12,13,14). The molecule has 19 heavy (non-hydrogen) atoms. The quantitative estimate of drug-likeness (QED) is 0.861. The van der Waals surface area contributed by atoms with E-state index in [9.17, 15) is 8.42 Å². The molecule has 1 N–H and O–H groups in total. The second kappa shape index (κ2) is 5.84. The largest absolute Gasteiger partial charge is 0.372 e. The van der Waals surface area contributed by atoms with E-state index in [1.807, 2.05) is 4.90 Å². The van der Waals surface area contributed by atoms with Gasteiger partial charge in [-0.15, -0.1) is 0 Å². The van der Waals surface area contributed by atoms with Gasteiger partial charge >= 0.3 is 0 Å². The Balaban J connectivity index is 2.44. The van der Waals surface area contributed by atoms with Crippen molar-refractivity contribution < 1.29 is 8.42 Å². The topological polar surface area (TPSA) is 75.2 Å². The first-order valence-electron chi connectivity index (χ1n) is 5.66. The third-order valence-corrected chi connectivity index (χ3v) is 6.23. The number of hydrogen-bond acceptors (Lipinski definition) is 7. The number of anilines is 2. The molecule has 9 heteroatoms. The molecular weight excluding hydrogens is 352 g/mol. The molecule has 6 nitrogen and oxygen atoms in total. The Bertz CT molecular complexity index is 567. The number of rotatable bonds is 3. The lowest BCUT2D eigenvalue weighted by atomic mass is 10.4. The van der Waals surface area contributed by atoms with E-state index in [1.54, 1.807) is 18.8 Å². The molecule has 0 bridgehead atoms. The number of aromatic nitrogens is 2. The van der Waals surface area contributed by atoms with Gasteiger partial charge in [0.1, 0.15) is 27.8 Å². The molecule has 1 aromatic heterocycles. The molecule has 1 aliphatic rings. The maximum atomic E-state index is 11.9. The van der Waals surface area contributed by atoms with Gasteiger partial charge in [0.25, 0.3) is 0 Å². The van der Waals surface area contributed by atoms with E-state index in [0.717, 1.165) is 5.75 Å². The summed E-state index contributed by atoms with van der Waals surface area (Å²) < 4.78 is 24.5. The summed E-state index contributed by atoms with van der Waals surface area (Å²) in [4.78, 5) is 10.1. The second-order valence-corrected chi connectivity index (χ2v) is 8.31. The maximum absolute atomic E-state index is 11.9. The first-order chi connectivity index (χ1) is 8.95. The molecule has 0 radical (unpaired) electrons. The molecule has 0 saturated carbocycles. The van der Waals surface area contributed by atoms with Crippen molar-refractivity contribution in [1.82, 2.24) is 9.97 Å². The summed E-state index contributed by atoms with van der Waals surface area (Å²) in [5.74, 6) is 2.71. The van der Waals surface area contributed by atoms with Crippen molar-refractivity contribution in [2.45, 2.75) is 5.37 Å². The lowest BCUT2D eigenvalue weighted by molar-refractivity contribution is 0.583. The van der Waals surface area contributed by atoms with Gasteiger partial charge in [-0.25, -0.2) is 18.4 Å². The van der Waals surface area contributed by atoms with Gasteiger partial charge in [0.2, 0.25) is 0 Å². The van der Waals surface area contributed by atoms with E-state index < -0.39 is 15.2 Å². The Hall–Kier alpha value is -0.540. The summed E-state index contributed by atoms with van der Waals surface area (Å²) in [6, 6.07) is 0. The highest BCUT2D eigenvalue weighted by atomic mass is 79.9. The number of nitrogens with zero attached hydrogens (tertiary/aromatic N) is 3. The van der Waals surface area contributed by atoms with Crippen LogP contribution in [0.25, 0.3) is 0 Å². The average molecular weight is 367 g/mol. The van der Waals surface area contributed by atoms with Gasteiger partial charge in [0.05, 0.1) is 0 Å². The molecule has 0 aliphatic carbocycles. The van der Waals surface area contributed by atoms with Gasteiger partial charge in [-0.05, 0) is 15.9 Å². The average Bonchev–Trinajstić information content (AvgIpc) is 2.38. The summed E-state index contributed by atoms with van der Waals surface area (Å²) in [7, 11) is -1.40. The van der Waals surface area contributed by atoms with Gasteiger partial charge in [0.15, 0.2) is 9.84 Å². The predicted molar refractivity (Wildman–Crippen MR) is 82.6 cm³/mol. The van der Waals surface area contributed by atoms with Crippen molar-refractivity contribution in [2.75, 3.05) is 41.6 Å². The van der Waals surface area contributed by atoms with Crippen molar-refractivity contribution >= 4 is 49.2 Å². The van der Waals surface area contributed by atoms with Crippen molar-refractivity contribution in [3.63, 3.8) is 0 Å². The highest BCUT2D eigenvalue weighted by Gasteiger charge is 2.33. The number of halogens is 1. The van der Waals surface area contributed by atoms with Gasteiger partial charge in [0, 0.05) is 31.4 Å². The zero-order valence-electron chi connectivity index (χ0n) is 10.6. The number of nitrogens with one attached hydrogen (secondary N) is 1. The molecule has 0 spiro atoms. The zero-order valence-corrected chi connectivity index (χ0v) is 13.8. The van der Waals surface area contributed by atoms with Gasteiger partial charge in [-0.3, -0.25) is 0 Å². The lowest BCUT2D eigenvalue weighted by Crippen LogP contribution is -2.47. The molecule has 1 fully saturated rings. The van der Waals surface area contributed by atoms with Gasteiger partial charge in [-0.1, -0.05) is 0 Å². The van der Waals surface area contributed by atoms with Crippen molar-refractivity contribution in [3.05, 3.63) is 10.8 Å². The minimum atomic E-state index is -3.16. The van der Waals surface area contributed by atoms with E-state index in [4.69, 9.17) is 0 Å². The summed E-state index contributed by atoms with van der Waals surface area (Å²) in [6.07, 6.45) is 2.71. The fraction of sp³-hybridized carbons (Fsp3) is 0.600. The Morgan fingerprint density at radius 1 is 1.53 bits per heavy atom. The van der Waals surface area contributed by atoms with Crippen molar-refractivity contribution in [1.29, 1.82) is 0 Å². The van der Waals surface area contributed by atoms with E-state index in [1.165, 1.54) is 12.6 Å². The highest BCUT2D eigenvalue weighted by molar-refractivity contribution is 9.10. The van der Waals surface area contributed by atoms with Crippen LogP contribution in [0.2, 0.25) is 0 Å². The predicted octanol–water partition coefficient (Wildman–Crippen LogP) is 1.20. The summed E-state index contributed by atoms with van der Waals surface area (Å²) in [5.41, 5.74) is 0. The monoisotopic (exact) mass is 366 g/mol. The molecule has 1 aliphatic heterocycles. The fourth-order valence-corrected chi connectivity index (χ4v) is 5.36. The van der Waals surface area contributed by atoms with Crippen LogP contribution in [-0.4, -0.2) is 55.1 Å². The van der Waals surface area contributed by atoms with Crippen molar-refractivity contribution in [3.8, 4) is 0 Å². The van der Waals surface area contributed by atoms with E-state index in [-0.39, 0.29) is 0 Å². The Morgan fingerprint density at radius 3 is 2.89 bits per heavy atom. The van der Waals surface area contributed by atoms with Crippen LogP contribution in [0.15, 0.2) is 10.8 Å². The minimum Gasteiger partial charge on any atom is -0.372 e. The van der Waals surface area contributed by atoms with Crippen LogP contribution in [-0.2, 0) is 9.84 Å². The lowest BCUT2D eigenvalue weighted by Gasteiger charge is -2.35. The molecule has 1 unspecified atom stereocenters. The first kappa shape index (κ1) is 14.9. The molecule has 1 atom stereocenters. The van der Waals surface area contributed by atoms with E-state index in [0.29, 0.717) is 28.4 Å². The maximum Gasteiger partial charge on any atom is 0.169 e. The number of thioether (sulfide) groups is 1. The molecule has 106 valence electrons. The van der Waals surface area contributed by atoms with Crippen molar-refractivity contribution in [2.24, 2.45) is 0 Å². The highest BCUT2D eigenvalue weighted by Crippen LogP contribution is 2.33. The molecule has 1 saturated heterocycles. The van der Waals surface area contributed by atoms with E-state index in [2.05, 4.69) is 31.2 Å². The third kappa shape index (κ3) is 3.14. The molecule has 2 rings (SSSR count). The van der Waals surface area contributed by atoms with Gasteiger partial charge < -0.3 is 10.2 Å². The molecule has 2 heterocycles. The minimum absolute atomic E-state index is 0.540. The first-order valence-corrected chi connectivity index (χ1v) is 9.57. The zero-order chi connectivity index (χ0) is 14.0. The third-order valence-electron chi connectivity index (χ3n) is 2.86. The van der Waals surface area contributed by atoms with E-state index >= 15 is 0 Å². The Kier molecular flexibility index (Phi) is 4.57. The summed E-state index contributed by atoms with van der Waals surface area (Å²) >= 11 is 5.09. The van der Waals surface area contributed by atoms with Crippen LogP contribution in [0.3, 0.4) is 0 Å². The van der Waals surface area contributed by atoms with Crippen LogP contribution in [0.1, 0.15) is 0 Å². The van der Waals surface area contributed by atoms with Crippen LogP contribution < -0.4 is 10.2 Å². The fourth-order valence-electron chi connectivity index (χ4n) is 1.91. The Labute approximate surface area is 125 Å². The van der Waals surface area contributed by atoms with Crippen LogP contribution in [0, 0.1) is 0 Å². The summed E-state index contributed by atoms with van der Waals surface area (Å²) in [5, 5.41) is 2.41. The summed E-state index contributed by atoms with van der Waals surface area (Å²) in [6.45, 7) is 0.654. The smallest absolute Gasteiger partial charge is 0.169 e. The van der Waals surface area contributed by atoms with Crippen LogP contribution >= 0.6 is 27.7 Å². The molecule has 0 amide bonds. The molecular formula is C10H15BrN4O2S2. The molecule has 0 aromatic carbocycles. The normalized spacial score (nSPS) is 20.4. The second-order valence-electron chi connectivity index (χ2n) is 4.16. The number of sulfone groups is 1. The molecule has 1 aromatic rings. The Morgan fingerprint density at radius 2 is 2.26 bits per heavy atom. The van der Waals surface area contributed by atoms with Crippen LogP contribution in [0.5, 0.6) is 0 Å². The van der Waals surface area contributed by atoms with Crippen LogP contribution in [0.4, 0.5) is 11.6 Å².